The fourth-order valence-corrected chi connectivity index (χ4v) is 1.43. The lowest BCUT2D eigenvalue weighted by molar-refractivity contribution is -0.139. The van der Waals surface area contributed by atoms with E-state index < -0.39 is 22.6 Å². The van der Waals surface area contributed by atoms with E-state index in [9.17, 15) is 13.2 Å². The summed E-state index contributed by atoms with van der Waals surface area (Å²) in [6.45, 7) is -0.534. The van der Waals surface area contributed by atoms with Gasteiger partial charge in [-0.1, -0.05) is 6.07 Å². The quantitative estimate of drug-likeness (QED) is 0.746. The molecule has 0 spiro atoms. The number of hydrogen-bond acceptors (Lipinski definition) is 4. The largest absolute Gasteiger partial charge is 0.482 e. The van der Waals surface area contributed by atoms with E-state index in [4.69, 9.17) is 15.0 Å². The molecule has 0 saturated heterocycles. The Morgan fingerprint density at radius 3 is 2.67 bits per heavy atom. The summed E-state index contributed by atoms with van der Waals surface area (Å²) in [4.78, 5) is 10.1. The van der Waals surface area contributed by atoms with Crippen LogP contribution in [0.3, 0.4) is 0 Å². The van der Waals surface area contributed by atoms with Crippen molar-refractivity contribution in [3.05, 3.63) is 24.3 Å². The van der Waals surface area contributed by atoms with Crippen molar-refractivity contribution < 1.29 is 23.1 Å². The molecule has 7 heteroatoms. The van der Waals surface area contributed by atoms with Gasteiger partial charge >= 0.3 is 5.97 Å². The number of benzene rings is 1. The Morgan fingerprint density at radius 1 is 1.47 bits per heavy atom. The van der Waals surface area contributed by atoms with Crippen LogP contribution in [0.5, 0.6) is 5.75 Å². The van der Waals surface area contributed by atoms with Crippen LogP contribution in [0, 0.1) is 0 Å². The summed E-state index contributed by atoms with van der Waals surface area (Å²) in [5, 5.41) is 13.2. The molecule has 0 atom stereocenters. The van der Waals surface area contributed by atoms with E-state index in [-0.39, 0.29) is 10.6 Å². The van der Waals surface area contributed by atoms with Gasteiger partial charge in [0.2, 0.25) is 10.0 Å². The van der Waals surface area contributed by atoms with E-state index in [0.29, 0.717) is 0 Å². The molecule has 1 rings (SSSR count). The average Bonchev–Trinajstić information content (AvgIpc) is 2.14. The van der Waals surface area contributed by atoms with Crippen molar-refractivity contribution >= 4 is 16.0 Å². The Bertz CT molecular complexity index is 468. The minimum Gasteiger partial charge on any atom is -0.482 e. The molecule has 0 aliphatic carbocycles. The van der Waals surface area contributed by atoms with Crippen LogP contribution in [0.4, 0.5) is 0 Å². The molecule has 0 saturated carbocycles. The smallest absolute Gasteiger partial charge is 0.341 e. The van der Waals surface area contributed by atoms with Crippen LogP contribution < -0.4 is 9.88 Å². The van der Waals surface area contributed by atoms with Crippen molar-refractivity contribution in [1.29, 1.82) is 0 Å². The van der Waals surface area contributed by atoms with Crippen LogP contribution in [0.15, 0.2) is 29.2 Å². The van der Waals surface area contributed by atoms with Gasteiger partial charge in [0.1, 0.15) is 5.75 Å². The molecule has 0 unspecified atom stereocenters. The first kappa shape index (κ1) is 11.5. The highest BCUT2D eigenvalue weighted by atomic mass is 32.2. The summed E-state index contributed by atoms with van der Waals surface area (Å²) in [5.74, 6) is -1.00. The monoisotopic (exact) mass is 231 g/mol. The van der Waals surface area contributed by atoms with Crippen molar-refractivity contribution in [2.75, 3.05) is 6.61 Å². The Kier molecular flexibility index (Phi) is 3.28. The third-order valence-electron chi connectivity index (χ3n) is 1.50. The molecule has 3 N–H and O–H groups in total. The van der Waals surface area contributed by atoms with Gasteiger partial charge in [-0.15, -0.1) is 0 Å². The molecule has 15 heavy (non-hydrogen) atoms. The van der Waals surface area contributed by atoms with Gasteiger partial charge < -0.3 is 9.84 Å². The molecule has 6 nitrogen and oxygen atoms in total. The number of ether oxygens (including phenoxy) is 1. The van der Waals surface area contributed by atoms with Crippen LogP contribution in [0.25, 0.3) is 0 Å². The molecule has 0 aromatic heterocycles. The van der Waals surface area contributed by atoms with E-state index in [1.807, 2.05) is 0 Å². The van der Waals surface area contributed by atoms with Crippen LogP contribution >= 0.6 is 0 Å². The zero-order chi connectivity index (χ0) is 11.5. The van der Waals surface area contributed by atoms with Gasteiger partial charge in [0.05, 0.1) is 4.90 Å². The van der Waals surface area contributed by atoms with Crippen LogP contribution in [-0.2, 0) is 14.8 Å². The molecule has 0 aliphatic heterocycles. The highest BCUT2D eigenvalue weighted by Crippen LogP contribution is 2.15. The maximum Gasteiger partial charge on any atom is 0.341 e. The third-order valence-corrected chi connectivity index (χ3v) is 2.41. The van der Waals surface area contributed by atoms with Gasteiger partial charge in [0.25, 0.3) is 0 Å². The number of primary sulfonamides is 1. The van der Waals surface area contributed by atoms with Crippen molar-refractivity contribution in [2.45, 2.75) is 4.90 Å². The number of carboxylic acid groups (broad SMARTS) is 1. The first-order valence-electron chi connectivity index (χ1n) is 3.87. The average molecular weight is 231 g/mol. The molecule has 0 amide bonds. The predicted molar refractivity (Wildman–Crippen MR) is 50.9 cm³/mol. The summed E-state index contributed by atoms with van der Waals surface area (Å²) >= 11 is 0. The normalized spacial score (nSPS) is 11.0. The van der Waals surface area contributed by atoms with Crippen LogP contribution in [-0.4, -0.2) is 26.1 Å². The highest BCUT2D eigenvalue weighted by molar-refractivity contribution is 7.89. The van der Waals surface area contributed by atoms with E-state index in [2.05, 4.69) is 0 Å². The van der Waals surface area contributed by atoms with E-state index >= 15 is 0 Å². The number of carboxylic acids is 1. The van der Waals surface area contributed by atoms with Gasteiger partial charge in [0, 0.05) is 6.07 Å². The van der Waals surface area contributed by atoms with E-state index in [1.54, 1.807) is 0 Å². The second kappa shape index (κ2) is 4.28. The van der Waals surface area contributed by atoms with Gasteiger partial charge in [-0.25, -0.2) is 18.4 Å². The molecule has 0 bridgehead atoms. The van der Waals surface area contributed by atoms with Crippen LogP contribution in [0.1, 0.15) is 0 Å². The van der Waals surface area contributed by atoms with Crippen molar-refractivity contribution in [3.63, 3.8) is 0 Å². The van der Waals surface area contributed by atoms with E-state index in [0.717, 1.165) is 6.07 Å². The zero-order valence-electron chi connectivity index (χ0n) is 7.58. The SMILES string of the molecule is NS(=O)(=O)c1cccc(OCC(=O)O)c1. The minimum absolute atomic E-state index is 0.120. The summed E-state index contributed by atoms with van der Waals surface area (Å²) in [5.41, 5.74) is 0. The van der Waals surface area contributed by atoms with Gasteiger partial charge in [-0.2, -0.15) is 0 Å². The van der Waals surface area contributed by atoms with E-state index in [1.165, 1.54) is 18.2 Å². The Hall–Kier alpha value is -1.60. The van der Waals surface area contributed by atoms with Gasteiger partial charge in [0.15, 0.2) is 6.61 Å². The molecule has 1 aromatic rings. The number of nitrogens with two attached hydrogens (primary N) is 1. The van der Waals surface area contributed by atoms with Crippen LogP contribution in [0.2, 0.25) is 0 Å². The molecule has 0 heterocycles. The molecule has 0 aliphatic rings. The molecule has 82 valence electrons. The topological polar surface area (TPSA) is 107 Å². The van der Waals surface area contributed by atoms with Crippen molar-refractivity contribution in [3.8, 4) is 5.75 Å². The first-order valence-corrected chi connectivity index (χ1v) is 5.41. The second-order valence-electron chi connectivity index (χ2n) is 2.70. The van der Waals surface area contributed by atoms with Crippen molar-refractivity contribution in [1.82, 2.24) is 0 Å². The van der Waals surface area contributed by atoms with Gasteiger partial charge in [-0.3, -0.25) is 0 Å². The number of aliphatic carboxylic acids is 1. The molecular weight excluding hydrogens is 222 g/mol. The number of carbonyl (C=O) groups is 1. The number of rotatable bonds is 4. The predicted octanol–water partition coefficient (Wildman–Crippen LogP) is -0.203. The molecular formula is C8H9NO5S. The lowest BCUT2D eigenvalue weighted by Gasteiger charge is -2.04. The second-order valence-corrected chi connectivity index (χ2v) is 4.26. The Morgan fingerprint density at radius 2 is 2.13 bits per heavy atom. The molecule has 0 radical (unpaired) electrons. The maximum atomic E-state index is 10.9. The summed E-state index contributed by atoms with van der Waals surface area (Å²) in [6, 6.07) is 5.32. The Balaban J connectivity index is 2.89. The number of sulfonamides is 1. The fourth-order valence-electron chi connectivity index (χ4n) is 0.886. The first-order chi connectivity index (χ1) is 6.89. The fraction of sp³-hybridized carbons (Fsp3) is 0.125. The van der Waals surface area contributed by atoms with Gasteiger partial charge in [-0.05, 0) is 12.1 Å². The Labute approximate surface area is 86.3 Å². The standard InChI is InChI=1S/C8H9NO5S/c9-15(12,13)7-3-1-2-6(4-7)14-5-8(10)11/h1-4H,5H2,(H,10,11)(H2,9,12,13). The lowest BCUT2D eigenvalue weighted by atomic mass is 10.3. The maximum absolute atomic E-state index is 10.9. The zero-order valence-corrected chi connectivity index (χ0v) is 8.40. The summed E-state index contributed by atoms with van der Waals surface area (Å²) in [6.07, 6.45) is 0. The number of hydrogen-bond donors (Lipinski definition) is 2. The highest BCUT2D eigenvalue weighted by Gasteiger charge is 2.08. The summed E-state index contributed by atoms with van der Waals surface area (Å²) in [7, 11) is -3.79. The molecule has 0 fully saturated rings. The minimum atomic E-state index is -3.79. The lowest BCUT2D eigenvalue weighted by Crippen LogP contribution is -2.13. The third kappa shape index (κ3) is 3.56. The summed E-state index contributed by atoms with van der Waals surface area (Å²) < 4.78 is 26.6. The molecule has 1 aromatic carbocycles. The van der Waals surface area contributed by atoms with Crippen molar-refractivity contribution in [2.24, 2.45) is 5.14 Å².